The van der Waals surface area contributed by atoms with E-state index in [2.05, 4.69) is 4.98 Å². The lowest BCUT2D eigenvalue weighted by atomic mass is 10.0. The van der Waals surface area contributed by atoms with Gasteiger partial charge in [0, 0.05) is 28.4 Å². The molecule has 21 heavy (non-hydrogen) atoms. The van der Waals surface area contributed by atoms with Crippen molar-refractivity contribution in [3.05, 3.63) is 54.6 Å². The normalized spacial score (nSPS) is 11.2. The third kappa shape index (κ3) is 1.80. The number of fused-ring (bicyclic) bond motifs is 2. The Morgan fingerprint density at radius 3 is 2.52 bits per heavy atom. The molecule has 0 atom stereocenters. The van der Waals surface area contributed by atoms with Crippen molar-refractivity contribution >= 4 is 33.2 Å². The highest BCUT2D eigenvalue weighted by Gasteiger charge is 2.12. The maximum Gasteiger partial charge on any atom is 0.227 e. The smallest absolute Gasteiger partial charge is 0.227 e. The Balaban J connectivity index is 2.02. The van der Waals surface area contributed by atoms with Gasteiger partial charge in [-0.25, -0.2) is 4.98 Å². The van der Waals surface area contributed by atoms with Crippen LogP contribution in [0.5, 0.6) is 0 Å². The summed E-state index contributed by atoms with van der Waals surface area (Å²) < 4.78 is 5.85. The lowest BCUT2D eigenvalue weighted by Gasteiger charge is -2.05. The van der Waals surface area contributed by atoms with Crippen molar-refractivity contribution in [2.45, 2.75) is 0 Å². The van der Waals surface area contributed by atoms with E-state index in [0.29, 0.717) is 17.2 Å². The van der Waals surface area contributed by atoms with Crippen LogP contribution in [0.4, 0.5) is 11.4 Å². The van der Waals surface area contributed by atoms with Crippen LogP contribution in [0.3, 0.4) is 0 Å². The topological polar surface area (TPSA) is 78.1 Å². The van der Waals surface area contributed by atoms with Gasteiger partial charge in [-0.15, -0.1) is 0 Å². The van der Waals surface area contributed by atoms with Crippen molar-refractivity contribution in [2.75, 3.05) is 11.5 Å². The number of hydrogen-bond donors (Lipinski definition) is 2. The molecule has 0 aliphatic carbocycles. The summed E-state index contributed by atoms with van der Waals surface area (Å²) in [6.07, 6.45) is 0. The van der Waals surface area contributed by atoms with Gasteiger partial charge in [0.2, 0.25) is 5.89 Å². The molecule has 0 amide bonds. The Morgan fingerprint density at radius 1 is 0.857 bits per heavy atom. The highest BCUT2D eigenvalue weighted by Crippen LogP contribution is 2.33. The minimum Gasteiger partial charge on any atom is -0.436 e. The van der Waals surface area contributed by atoms with Crippen molar-refractivity contribution in [3.63, 3.8) is 0 Å². The summed E-state index contributed by atoms with van der Waals surface area (Å²) in [5.41, 5.74) is 15.6. The highest BCUT2D eigenvalue weighted by molar-refractivity contribution is 6.02. The molecule has 4 nitrogen and oxygen atoms in total. The molecule has 1 heterocycles. The molecule has 0 spiro atoms. The van der Waals surface area contributed by atoms with Crippen LogP contribution >= 0.6 is 0 Å². The molecule has 0 aliphatic heterocycles. The van der Waals surface area contributed by atoms with Gasteiger partial charge in [0.15, 0.2) is 5.58 Å². The average Bonchev–Trinajstić information content (AvgIpc) is 2.90. The van der Waals surface area contributed by atoms with Gasteiger partial charge in [-0.1, -0.05) is 24.3 Å². The first-order chi connectivity index (χ1) is 10.2. The third-order valence-corrected chi connectivity index (χ3v) is 3.60. The van der Waals surface area contributed by atoms with Crippen molar-refractivity contribution in [2.24, 2.45) is 0 Å². The van der Waals surface area contributed by atoms with Crippen LogP contribution in [-0.2, 0) is 0 Å². The largest absolute Gasteiger partial charge is 0.436 e. The summed E-state index contributed by atoms with van der Waals surface area (Å²) in [6.45, 7) is 0. The number of nitrogen functional groups attached to an aromatic ring is 2. The Kier molecular flexibility index (Phi) is 2.38. The van der Waals surface area contributed by atoms with Gasteiger partial charge in [-0.2, -0.15) is 0 Å². The molecule has 102 valence electrons. The predicted molar refractivity (Wildman–Crippen MR) is 85.8 cm³/mol. The molecule has 0 unspecified atom stereocenters. The van der Waals surface area contributed by atoms with Crippen LogP contribution in [0, 0.1) is 0 Å². The van der Waals surface area contributed by atoms with Crippen molar-refractivity contribution in [1.29, 1.82) is 0 Å². The standard InChI is InChI=1S/C17H13N3O/c18-10-5-8-15-16(9-10)21-17(20-15)13-6-7-14(19)12-4-2-1-3-11(12)13/h1-9H,18-19H2. The first-order valence-corrected chi connectivity index (χ1v) is 6.66. The molecule has 4 rings (SSSR count). The molecule has 0 saturated carbocycles. The average molecular weight is 275 g/mol. The predicted octanol–water partition coefficient (Wildman–Crippen LogP) is 3.81. The molecule has 1 aromatic heterocycles. The van der Waals surface area contributed by atoms with Crippen LogP contribution in [-0.4, -0.2) is 4.98 Å². The van der Waals surface area contributed by atoms with Crippen LogP contribution < -0.4 is 11.5 Å². The SMILES string of the molecule is Nc1ccc2nc(-c3ccc(N)c4ccccc34)oc2c1. The van der Waals surface area contributed by atoms with E-state index in [1.165, 1.54) is 0 Å². The van der Waals surface area contributed by atoms with Gasteiger partial charge in [-0.3, -0.25) is 0 Å². The second-order valence-corrected chi connectivity index (χ2v) is 4.99. The molecule has 4 aromatic rings. The zero-order chi connectivity index (χ0) is 14.4. The van der Waals surface area contributed by atoms with E-state index >= 15 is 0 Å². The quantitative estimate of drug-likeness (QED) is 0.518. The van der Waals surface area contributed by atoms with Gasteiger partial charge < -0.3 is 15.9 Å². The Labute approximate surface area is 121 Å². The van der Waals surface area contributed by atoms with Gasteiger partial charge in [0.05, 0.1) is 0 Å². The van der Waals surface area contributed by atoms with Gasteiger partial charge >= 0.3 is 0 Å². The fraction of sp³-hybridized carbons (Fsp3) is 0. The van der Waals surface area contributed by atoms with Gasteiger partial charge in [0.25, 0.3) is 0 Å². The number of rotatable bonds is 1. The third-order valence-electron chi connectivity index (χ3n) is 3.60. The number of anilines is 2. The molecular formula is C17H13N3O. The van der Waals surface area contributed by atoms with E-state index in [1.54, 1.807) is 6.07 Å². The highest BCUT2D eigenvalue weighted by atomic mass is 16.3. The lowest BCUT2D eigenvalue weighted by Crippen LogP contribution is -1.89. The van der Waals surface area contributed by atoms with Crippen molar-refractivity contribution < 1.29 is 4.42 Å². The summed E-state index contributed by atoms with van der Waals surface area (Å²) >= 11 is 0. The molecule has 0 saturated heterocycles. The maximum atomic E-state index is 6.03. The van der Waals surface area contributed by atoms with Crippen LogP contribution in [0.1, 0.15) is 0 Å². The maximum absolute atomic E-state index is 6.03. The minimum absolute atomic E-state index is 0.576. The second kappa shape index (κ2) is 4.24. The first kappa shape index (κ1) is 11.8. The Morgan fingerprint density at radius 2 is 1.67 bits per heavy atom. The number of aromatic nitrogens is 1. The molecule has 0 aliphatic rings. The second-order valence-electron chi connectivity index (χ2n) is 4.99. The molecule has 4 N–H and O–H groups in total. The summed E-state index contributed by atoms with van der Waals surface area (Å²) in [5.74, 6) is 0.576. The van der Waals surface area contributed by atoms with Crippen LogP contribution in [0.15, 0.2) is 59.0 Å². The fourth-order valence-corrected chi connectivity index (χ4v) is 2.57. The number of nitrogens with zero attached hydrogens (tertiary/aromatic N) is 1. The summed E-state index contributed by atoms with van der Waals surface area (Å²) in [6, 6.07) is 17.2. The Hall–Kier alpha value is -3.01. The molecular weight excluding hydrogens is 262 g/mol. The lowest BCUT2D eigenvalue weighted by molar-refractivity contribution is 0.621. The molecule has 0 bridgehead atoms. The van der Waals surface area contributed by atoms with E-state index in [9.17, 15) is 0 Å². The number of hydrogen-bond acceptors (Lipinski definition) is 4. The minimum atomic E-state index is 0.576. The number of benzene rings is 3. The molecule has 0 fully saturated rings. The fourth-order valence-electron chi connectivity index (χ4n) is 2.57. The molecule has 4 heteroatoms. The summed E-state index contributed by atoms with van der Waals surface area (Å²) in [5, 5.41) is 2.02. The number of oxazole rings is 1. The van der Waals surface area contributed by atoms with E-state index in [-0.39, 0.29) is 0 Å². The first-order valence-electron chi connectivity index (χ1n) is 6.66. The van der Waals surface area contributed by atoms with Crippen molar-refractivity contribution in [1.82, 2.24) is 4.98 Å². The van der Waals surface area contributed by atoms with Gasteiger partial charge in [0.1, 0.15) is 5.52 Å². The van der Waals surface area contributed by atoms with E-state index in [0.717, 1.165) is 27.5 Å². The zero-order valence-electron chi connectivity index (χ0n) is 11.2. The van der Waals surface area contributed by atoms with Crippen LogP contribution in [0.25, 0.3) is 33.3 Å². The Bertz CT molecular complexity index is 972. The van der Waals surface area contributed by atoms with E-state index < -0.39 is 0 Å². The molecule has 3 aromatic carbocycles. The van der Waals surface area contributed by atoms with E-state index in [4.69, 9.17) is 15.9 Å². The number of nitrogens with two attached hydrogens (primary N) is 2. The monoisotopic (exact) mass is 275 g/mol. The molecule has 0 radical (unpaired) electrons. The summed E-state index contributed by atoms with van der Waals surface area (Å²) in [7, 11) is 0. The van der Waals surface area contributed by atoms with Gasteiger partial charge in [-0.05, 0) is 29.7 Å². The summed E-state index contributed by atoms with van der Waals surface area (Å²) in [4.78, 5) is 4.54. The zero-order valence-corrected chi connectivity index (χ0v) is 11.2. The van der Waals surface area contributed by atoms with Crippen LogP contribution in [0.2, 0.25) is 0 Å². The van der Waals surface area contributed by atoms with Crippen molar-refractivity contribution in [3.8, 4) is 11.5 Å². The van der Waals surface area contributed by atoms with E-state index in [1.807, 2.05) is 48.5 Å².